The summed E-state index contributed by atoms with van der Waals surface area (Å²) in [6.45, 7) is 1.91. The summed E-state index contributed by atoms with van der Waals surface area (Å²) in [5.74, 6) is -1.20. The Morgan fingerprint density at radius 2 is 1.82 bits per heavy atom. The fourth-order valence-corrected chi connectivity index (χ4v) is 3.50. The van der Waals surface area contributed by atoms with Crippen molar-refractivity contribution >= 4 is 11.6 Å². The molecule has 0 unspecified atom stereocenters. The number of benzene rings is 2. The number of hydrogen-bond donors (Lipinski definition) is 3. The first-order chi connectivity index (χ1) is 15.7. The van der Waals surface area contributed by atoms with E-state index in [-0.39, 0.29) is 29.6 Å². The van der Waals surface area contributed by atoms with Gasteiger partial charge in [-0.2, -0.15) is 0 Å². The number of carbonyl (C=O) groups excluding carboxylic acids is 1. The number of anilines is 1. The second-order valence-corrected chi connectivity index (χ2v) is 7.96. The van der Waals surface area contributed by atoms with Gasteiger partial charge in [-0.1, -0.05) is 18.2 Å². The summed E-state index contributed by atoms with van der Waals surface area (Å²) in [5, 5.41) is 23.2. The molecule has 8 nitrogen and oxygen atoms in total. The molecule has 0 saturated carbocycles. The molecule has 0 bridgehead atoms. The normalized spacial score (nSPS) is 11.6. The number of nitrogens with zero attached hydrogens (tertiary/aromatic N) is 1. The monoisotopic (exact) mass is 452 g/mol. The van der Waals surface area contributed by atoms with E-state index in [1.165, 1.54) is 19.2 Å². The number of nitrogens with one attached hydrogen (secondary N) is 1. The van der Waals surface area contributed by atoms with Crippen molar-refractivity contribution in [3.05, 3.63) is 81.4 Å². The SMILES string of the molecule is COc1cc([C@H](CC(=O)NCc2ccc(N(C)C)cc2)c2oc(C)cc(=O)c2O)ccc1O. The Balaban J connectivity index is 1.87. The quantitative estimate of drug-likeness (QED) is 0.481. The van der Waals surface area contributed by atoms with Gasteiger partial charge in [-0.15, -0.1) is 0 Å². The molecular weight excluding hydrogens is 424 g/mol. The Hall–Kier alpha value is -3.94. The van der Waals surface area contributed by atoms with Crippen molar-refractivity contribution in [1.82, 2.24) is 5.32 Å². The predicted octanol–water partition coefficient (Wildman–Crippen LogP) is 3.27. The highest BCUT2D eigenvalue weighted by Gasteiger charge is 2.26. The molecular formula is C25H28N2O6. The number of phenolic OH excluding ortho intramolecular Hbond substituents is 1. The van der Waals surface area contributed by atoms with Gasteiger partial charge in [0.05, 0.1) is 13.0 Å². The Labute approximate surface area is 192 Å². The van der Waals surface area contributed by atoms with Crippen molar-refractivity contribution < 1.29 is 24.2 Å². The van der Waals surface area contributed by atoms with Crippen LogP contribution in [0.5, 0.6) is 17.2 Å². The van der Waals surface area contributed by atoms with Crippen LogP contribution in [0.1, 0.15) is 35.0 Å². The summed E-state index contributed by atoms with van der Waals surface area (Å²) in [6.07, 6.45) is -0.0936. The van der Waals surface area contributed by atoms with Gasteiger partial charge >= 0.3 is 0 Å². The minimum atomic E-state index is -0.775. The maximum Gasteiger partial charge on any atom is 0.227 e. The average molecular weight is 453 g/mol. The summed E-state index contributed by atoms with van der Waals surface area (Å²) in [4.78, 5) is 27.0. The topological polar surface area (TPSA) is 112 Å². The van der Waals surface area contributed by atoms with Crippen molar-refractivity contribution in [1.29, 1.82) is 0 Å². The van der Waals surface area contributed by atoms with E-state index in [0.29, 0.717) is 17.9 Å². The molecule has 3 rings (SSSR count). The molecule has 1 aromatic heterocycles. The molecule has 1 amide bonds. The highest BCUT2D eigenvalue weighted by atomic mass is 16.5. The van der Waals surface area contributed by atoms with E-state index in [1.807, 2.05) is 43.3 Å². The van der Waals surface area contributed by atoms with Crippen LogP contribution in [-0.4, -0.2) is 37.3 Å². The van der Waals surface area contributed by atoms with E-state index in [9.17, 15) is 19.8 Å². The van der Waals surface area contributed by atoms with Crippen LogP contribution in [0.3, 0.4) is 0 Å². The van der Waals surface area contributed by atoms with Crippen molar-refractivity contribution in [3.63, 3.8) is 0 Å². The molecule has 0 aliphatic rings. The van der Waals surface area contributed by atoms with Crippen LogP contribution in [0.2, 0.25) is 0 Å². The predicted molar refractivity (Wildman–Crippen MR) is 125 cm³/mol. The van der Waals surface area contributed by atoms with Gasteiger partial charge in [0, 0.05) is 38.8 Å². The Bertz CT molecular complexity index is 1180. The van der Waals surface area contributed by atoms with Crippen molar-refractivity contribution in [2.75, 3.05) is 26.1 Å². The van der Waals surface area contributed by atoms with Gasteiger partial charge in [0.1, 0.15) is 5.76 Å². The lowest BCUT2D eigenvalue weighted by atomic mass is 9.91. The molecule has 0 spiro atoms. The van der Waals surface area contributed by atoms with Crippen LogP contribution >= 0.6 is 0 Å². The van der Waals surface area contributed by atoms with Crippen LogP contribution in [0.4, 0.5) is 5.69 Å². The minimum Gasteiger partial charge on any atom is -0.504 e. The largest absolute Gasteiger partial charge is 0.504 e. The van der Waals surface area contributed by atoms with Crippen molar-refractivity contribution in [2.45, 2.75) is 25.8 Å². The van der Waals surface area contributed by atoms with Gasteiger partial charge in [-0.3, -0.25) is 9.59 Å². The smallest absolute Gasteiger partial charge is 0.227 e. The Morgan fingerprint density at radius 3 is 2.45 bits per heavy atom. The fourth-order valence-electron chi connectivity index (χ4n) is 3.50. The van der Waals surface area contributed by atoms with E-state index < -0.39 is 17.1 Å². The lowest BCUT2D eigenvalue weighted by molar-refractivity contribution is -0.121. The number of amides is 1. The third-order valence-electron chi connectivity index (χ3n) is 5.33. The maximum absolute atomic E-state index is 12.8. The lowest BCUT2D eigenvalue weighted by Crippen LogP contribution is -2.25. The van der Waals surface area contributed by atoms with Crippen LogP contribution in [0.25, 0.3) is 0 Å². The first-order valence-electron chi connectivity index (χ1n) is 10.4. The molecule has 2 aromatic carbocycles. The summed E-state index contributed by atoms with van der Waals surface area (Å²) in [5.41, 5.74) is 1.93. The molecule has 0 aliphatic carbocycles. The van der Waals surface area contributed by atoms with Crippen LogP contribution in [0.15, 0.2) is 57.7 Å². The maximum atomic E-state index is 12.8. The molecule has 3 N–H and O–H groups in total. The van der Waals surface area contributed by atoms with Gasteiger partial charge in [0.2, 0.25) is 17.1 Å². The second kappa shape index (κ2) is 10.1. The van der Waals surface area contributed by atoms with Crippen LogP contribution in [-0.2, 0) is 11.3 Å². The van der Waals surface area contributed by atoms with E-state index in [0.717, 1.165) is 11.3 Å². The number of carbonyl (C=O) groups is 1. The number of hydrogen-bond acceptors (Lipinski definition) is 7. The number of aryl methyl sites for hydroxylation is 1. The molecule has 0 fully saturated rings. The number of ether oxygens (including phenoxy) is 1. The van der Waals surface area contributed by atoms with E-state index in [2.05, 4.69) is 5.32 Å². The van der Waals surface area contributed by atoms with Crippen LogP contribution < -0.4 is 20.4 Å². The molecule has 1 heterocycles. The summed E-state index contributed by atoms with van der Waals surface area (Å²) in [7, 11) is 5.31. The molecule has 8 heteroatoms. The lowest BCUT2D eigenvalue weighted by Gasteiger charge is -2.19. The van der Waals surface area contributed by atoms with E-state index >= 15 is 0 Å². The number of phenols is 1. The van der Waals surface area contributed by atoms with Gasteiger partial charge < -0.3 is 29.6 Å². The van der Waals surface area contributed by atoms with Crippen molar-refractivity contribution in [2.24, 2.45) is 0 Å². The fraction of sp³-hybridized carbons (Fsp3) is 0.280. The summed E-state index contributed by atoms with van der Waals surface area (Å²) < 4.78 is 10.8. The van der Waals surface area contributed by atoms with E-state index in [4.69, 9.17) is 9.15 Å². The first kappa shape index (κ1) is 23.7. The third kappa shape index (κ3) is 5.65. The molecule has 33 heavy (non-hydrogen) atoms. The zero-order valence-electron chi connectivity index (χ0n) is 19.1. The highest BCUT2D eigenvalue weighted by Crippen LogP contribution is 2.37. The average Bonchev–Trinajstić information content (AvgIpc) is 2.79. The van der Waals surface area contributed by atoms with Gasteiger partial charge in [0.15, 0.2) is 17.3 Å². The Morgan fingerprint density at radius 1 is 1.12 bits per heavy atom. The van der Waals surface area contributed by atoms with E-state index in [1.54, 1.807) is 19.1 Å². The third-order valence-corrected chi connectivity index (χ3v) is 5.33. The molecule has 174 valence electrons. The summed E-state index contributed by atoms with van der Waals surface area (Å²) >= 11 is 0. The zero-order chi connectivity index (χ0) is 24.1. The highest BCUT2D eigenvalue weighted by molar-refractivity contribution is 5.77. The molecule has 1 atom stereocenters. The van der Waals surface area contributed by atoms with Crippen LogP contribution in [0, 0.1) is 6.92 Å². The minimum absolute atomic E-state index is 0.0155. The van der Waals surface area contributed by atoms with Gasteiger partial charge in [0.25, 0.3) is 0 Å². The standard InChI is InChI=1S/C25H28N2O6/c1-15-11-21(29)24(31)25(33-15)19(17-7-10-20(28)22(12-17)32-4)13-23(30)26-14-16-5-8-18(9-6-16)27(2)3/h5-12,19,28,31H,13-14H2,1-4H3,(H,26,30)/t19-/m0/s1. The first-order valence-corrected chi connectivity index (χ1v) is 10.4. The number of methoxy groups -OCH3 is 1. The molecule has 0 aliphatic heterocycles. The van der Waals surface area contributed by atoms with Crippen molar-refractivity contribution in [3.8, 4) is 17.2 Å². The summed E-state index contributed by atoms with van der Waals surface area (Å²) in [6, 6.07) is 13.6. The molecule has 3 aromatic rings. The van der Waals surface area contributed by atoms with Gasteiger partial charge in [-0.05, 0) is 42.3 Å². The molecule has 0 saturated heterocycles. The second-order valence-electron chi connectivity index (χ2n) is 7.96. The number of rotatable bonds is 8. The van der Waals surface area contributed by atoms with Gasteiger partial charge in [-0.25, -0.2) is 0 Å². The number of aromatic hydroxyl groups is 2. The zero-order valence-corrected chi connectivity index (χ0v) is 19.1. The molecule has 0 radical (unpaired) electrons. The Kier molecular flexibility index (Phi) is 7.27.